The van der Waals surface area contributed by atoms with Gasteiger partial charge < -0.3 is 25.3 Å². The summed E-state index contributed by atoms with van der Waals surface area (Å²) >= 11 is 0. The Morgan fingerprint density at radius 2 is 1.40 bits per heavy atom. The molecule has 0 aromatic heterocycles. The Balaban J connectivity index is 1.67. The lowest BCUT2D eigenvalue weighted by molar-refractivity contribution is -0.128. The van der Waals surface area contributed by atoms with E-state index in [9.17, 15) is 9.59 Å². The minimum atomic E-state index is -0.239. The number of hydrogen-bond donors (Lipinski definition) is 1. The first-order chi connectivity index (χ1) is 16.7. The fraction of sp³-hybridized carbons (Fsp3) is 0.296. The van der Waals surface area contributed by atoms with E-state index in [-0.39, 0.29) is 23.5 Å². The summed E-state index contributed by atoms with van der Waals surface area (Å²) in [6.45, 7) is 5.68. The Hall–Kier alpha value is -4.07. The minimum Gasteiger partial charge on any atom is -0.378 e. The molecular weight excluding hydrogens is 440 g/mol. The molecule has 0 saturated carbocycles. The molecule has 0 bridgehead atoms. The van der Waals surface area contributed by atoms with E-state index in [1.54, 1.807) is 39.8 Å². The maximum atomic E-state index is 13.2. The number of rotatable bonds is 6. The Bertz CT molecular complexity index is 1110. The van der Waals surface area contributed by atoms with E-state index in [0.717, 1.165) is 11.1 Å². The number of likely N-dealkylation sites (N-methyl/N-ethyl adjacent to an activating group) is 1. The summed E-state index contributed by atoms with van der Waals surface area (Å²) in [6, 6.07) is 17.7. The van der Waals surface area contributed by atoms with Crippen molar-refractivity contribution in [1.29, 1.82) is 0 Å². The largest absolute Gasteiger partial charge is 0.378 e. The van der Waals surface area contributed by atoms with Gasteiger partial charge in [-0.25, -0.2) is 4.99 Å². The molecule has 1 aliphatic rings. The van der Waals surface area contributed by atoms with Gasteiger partial charge in [0.15, 0.2) is 5.96 Å². The third-order valence-corrected chi connectivity index (χ3v) is 5.88. The van der Waals surface area contributed by atoms with Crippen LogP contribution in [-0.2, 0) is 4.79 Å². The molecule has 184 valence electrons. The van der Waals surface area contributed by atoms with E-state index >= 15 is 0 Å². The van der Waals surface area contributed by atoms with E-state index in [1.165, 1.54) is 0 Å². The van der Waals surface area contributed by atoms with Crippen LogP contribution in [0.5, 0.6) is 0 Å². The van der Waals surface area contributed by atoms with Gasteiger partial charge in [-0.3, -0.25) is 9.59 Å². The second-order valence-corrected chi connectivity index (χ2v) is 8.81. The molecular formula is C27H34N6O2. The number of carbonyl (C=O) groups excluding carboxylic acids is 2. The van der Waals surface area contributed by atoms with Crippen LogP contribution in [0, 0.1) is 0 Å². The number of guanidine groups is 1. The molecule has 1 saturated heterocycles. The van der Waals surface area contributed by atoms with Crippen LogP contribution in [0.1, 0.15) is 10.4 Å². The summed E-state index contributed by atoms with van der Waals surface area (Å²) in [7, 11) is 7.21. The van der Waals surface area contributed by atoms with Gasteiger partial charge in [-0.05, 0) is 29.3 Å². The molecule has 0 spiro atoms. The minimum absolute atomic E-state index is 0.0386. The van der Waals surface area contributed by atoms with Crippen LogP contribution >= 0.6 is 0 Å². The second-order valence-electron chi connectivity index (χ2n) is 8.81. The van der Waals surface area contributed by atoms with Crippen LogP contribution < -0.4 is 5.73 Å². The lowest BCUT2D eigenvalue weighted by atomic mass is 10.0. The molecule has 3 rings (SSSR count). The molecule has 2 aromatic carbocycles. The van der Waals surface area contributed by atoms with Gasteiger partial charge in [0.05, 0.1) is 0 Å². The van der Waals surface area contributed by atoms with Crippen molar-refractivity contribution < 1.29 is 9.59 Å². The molecule has 1 aliphatic heterocycles. The first kappa shape index (κ1) is 25.6. The molecule has 0 unspecified atom stereocenters. The summed E-state index contributed by atoms with van der Waals surface area (Å²) < 4.78 is 0. The maximum absolute atomic E-state index is 13.2. The van der Waals surface area contributed by atoms with Gasteiger partial charge in [-0.15, -0.1) is 0 Å². The number of hydrogen-bond acceptors (Lipinski definition) is 4. The topological polar surface area (TPSA) is 85.5 Å². The molecule has 0 radical (unpaired) electrons. The Morgan fingerprint density at radius 3 is 1.94 bits per heavy atom. The molecule has 8 nitrogen and oxygen atoms in total. The van der Waals surface area contributed by atoms with Crippen molar-refractivity contribution in [3.05, 3.63) is 84.2 Å². The molecule has 35 heavy (non-hydrogen) atoms. The van der Waals surface area contributed by atoms with Crippen LogP contribution in [0.25, 0.3) is 11.1 Å². The average molecular weight is 475 g/mol. The molecule has 0 atom stereocenters. The zero-order valence-electron chi connectivity index (χ0n) is 20.9. The maximum Gasteiger partial charge on any atom is 0.272 e. The third kappa shape index (κ3) is 6.50. The summed E-state index contributed by atoms with van der Waals surface area (Å²) in [5, 5.41) is 0. The zero-order chi connectivity index (χ0) is 25.5. The van der Waals surface area contributed by atoms with Crippen LogP contribution in [0.3, 0.4) is 0 Å². The van der Waals surface area contributed by atoms with Gasteiger partial charge in [0.1, 0.15) is 5.70 Å². The molecule has 8 heteroatoms. The van der Waals surface area contributed by atoms with E-state index in [1.807, 2.05) is 68.7 Å². The number of carbonyl (C=O) groups is 2. The van der Waals surface area contributed by atoms with Crippen molar-refractivity contribution in [3.63, 3.8) is 0 Å². The average Bonchev–Trinajstić information content (AvgIpc) is 2.88. The molecule has 0 aliphatic carbocycles. The fourth-order valence-corrected chi connectivity index (χ4v) is 3.55. The van der Waals surface area contributed by atoms with Crippen LogP contribution in [0.2, 0.25) is 0 Å². The smallest absolute Gasteiger partial charge is 0.272 e. The lowest BCUT2D eigenvalue weighted by Crippen LogP contribution is -2.51. The van der Waals surface area contributed by atoms with Crippen molar-refractivity contribution in [2.75, 3.05) is 54.4 Å². The molecule has 2 N–H and O–H groups in total. The first-order valence-electron chi connectivity index (χ1n) is 11.5. The molecule has 2 amide bonds. The second kappa shape index (κ2) is 11.4. The Labute approximate surface area is 207 Å². The quantitative estimate of drug-likeness (QED) is 0.301. The van der Waals surface area contributed by atoms with Crippen molar-refractivity contribution in [2.45, 2.75) is 0 Å². The van der Waals surface area contributed by atoms with E-state index in [2.05, 4.69) is 11.6 Å². The zero-order valence-corrected chi connectivity index (χ0v) is 20.9. The Morgan fingerprint density at radius 1 is 0.857 bits per heavy atom. The van der Waals surface area contributed by atoms with Crippen molar-refractivity contribution in [1.82, 2.24) is 19.6 Å². The van der Waals surface area contributed by atoms with Crippen LogP contribution in [0.4, 0.5) is 0 Å². The van der Waals surface area contributed by atoms with Crippen molar-refractivity contribution in [3.8, 4) is 11.1 Å². The number of nitrogens with zero attached hydrogens (tertiary/aromatic N) is 5. The number of amides is 2. The third-order valence-electron chi connectivity index (χ3n) is 5.88. The van der Waals surface area contributed by atoms with Crippen LogP contribution in [-0.4, -0.2) is 91.7 Å². The van der Waals surface area contributed by atoms with Crippen molar-refractivity contribution >= 4 is 17.8 Å². The standard InChI is InChI=1S/C27H34N6O2/c1-20(30(2)3)19-24(29-27(28)31(4)5)26(35)33-17-15-32(16-18-33)25(34)23-13-11-22(12-14-23)21-9-7-6-8-10-21/h6-14,19H,1,15-18H2,2-5H3,(H2,28,29)/b24-19-. The van der Waals surface area contributed by atoms with E-state index in [4.69, 9.17) is 5.73 Å². The Kier molecular flexibility index (Phi) is 8.30. The summed E-state index contributed by atoms with van der Waals surface area (Å²) in [5.74, 6) is -0.0515. The summed E-state index contributed by atoms with van der Waals surface area (Å²) in [4.78, 5) is 37.5. The highest BCUT2D eigenvalue weighted by Gasteiger charge is 2.27. The number of aliphatic imine (C=N–C) groups is 1. The number of nitrogens with two attached hydrogens (primary N) is 1. The highest BCUT2D eigenvalue weighted by molar-refractivity contribution is 5.97. The predicted molar refractivity (Wildman–Crippen MR) is 141 cm³/mol. The number of benzene rings is 2. The van der Waals surface area contributed by atoms with E-state index < -0.39 is 0 Å². The van der Waals surface area contributed by atoms with Crippen molar-refractivity contribution in [2.24, 2.45) is 10.7 Å². The SMILES string of the molecule is C=C(/C=C(\N=C(/N)N(C)C)C(=O)N1CCN(C(=O)c2ccc(-c3ccccc3)cc2)CC1)N(C)C. The first-order valence-corrected chi connectivity index (χ1v) is 11.5. The normalized spacial score (nSPS) is 14.5. The molecule has 1 fully saturated rings. The predicted octanol–water partition coefficient (Wildman–Crippen LogP) is 2.47. The fourth-order valence-electron chi connectivity index (χ4n) is 3.55. The molecule has 1 heterocycles. The van der Waals surface area contributed by atoms with Gasteiger partial charge in [0, 0.05) is 65.6 Å². The highest BCUT2D eigenvalue weighted by Crippen LogP contribution is 2.20. The number of piperazine rings is 1. The van der Waals surface area contributed by atoms with Gasteiger partial charge in [0.25, 0.3) is 11.8 Å². The molecule has 2 aromatic rings. The number of allylic oxidation sites excluding steroid dienone is 1. The van der Waals surface area contributed by atoms with Crippen LogP contribution in [0.15, 0.2) is 83.6 Å². The lowest BCUT2D eigenvalue weighted by Gasteiger charge is -2.35. The van der Waals surface area contributed by atoms with E-state index in [0.29, 0.717) is 37.4 Å². The monoisotopic (exact) mass is 474 g/mol. The van der Waals surface area contributed by atoms with Gasteiger partial charge in [0.2, 0.25) is 0 Å². The highest BCUT2D eigenvalue weighted by atomic mass is 16.2. The summed E-state index contributed by atoms with van der Waals surface area (Å²) in [6.07, 6.45) is 1.63. The van der Waals surface area contributed by atoms with Gasteiger partial charge in [-0.2, -0.15) is 0 Å². The van der Waals surface area contributed by atoms with Gasteiger partial charge in [-0.1, -0.05) is 49.0 Å². The summed E-state index contributed by atoms with van der Waals surface area (Å²) in [5.41, 5.74) is 9.64. The van der Waals surface area contributed by atoms with Gasteiger partial charge >= 0.3 is 0 Å².